The fourth-order valence-corrected chi connectivity index (χ4v) is 6.72. The summed E-state index contributed by atoms with van der Waals surface area (Å²) >= 11 is 0. The van der Waals surface area contributed by atoms with Crippen LogP contribution >= 0.6 is 7.92 Å². The van der Waals surface area contributed by atoms with E-state index in [9.17, 15) is 0 Å². The maximum atomic E-state index is 2.34. The summed E-state index contributed by atoms with van der Waals surface area (Å²) in [4.78, 5) is 0. The van der Waals surface area contributed by atoms with E-state index in [1.54, 1.807) is 5.56 Å². The Labute approximate surface area is 179 Å². The Bertz CT molecular complexity index is 414. The van der Waals surface area contributed by atoms with Gasteiger partial charge in [0, 0.05) is 0 Å². The van der Waals surface area contributed by atoms with Crippen molar-refractivity contribution in [3.05, 3.63) is 35.9 Å². The van der Waals surface area contributed by atoms with Gasteiger partial charge in [0.05, 0.1) is 0 Å². The topological polar surface area (TPSA) is 0 Å². The van der Waals surface area contributed by atoms with Crippen molar-refractivity contribution in [1.29, 1.82) is 0 Å². The lowest BCUT2D eigenvalue weighted by atomic mass is 10.0. The van der Waals surface area contributed by atoms with E-state index in [0.717, 1.165) is 0 Å². The summed E-state index contributed by atoms with van der Waals surface area (Å²) in [6.45, 7) is 4.64. The Morgan fingerprint density at radius 3 is 1.43 bits per heavy atom. The number of benzene rings is 1. The molecule has 0 bridgehead atoms. The van der Waals surface area contributed by atoms with Crippen LogP contribution in [0.1, 0.15) is 122 Å². The zero-order valence-electron chi connectivity index (χ0n) is 19.3. The first kappa shape index (κ1) is 25.7. The molecule has 0 aliphatic carbocycles. The van der Waals surface area contributed by atoms with Crippen molar-refractivity contribution in [2.24, 2.45) is 0 Å². The fourth-order valence-electron chi connectivity index (χ4n) is 4.02. The van der Waals surface area contributed by atoms with Gasteiger partial charge in [0.25, 0.3) is 0 Å². The van der Waals surface area contributed by atoms with Gasteiger partial charge < -0.3 is 0 Å². The lowest BCUT2D eigenvalue weighted by Crippen LogP contribution is -1.95. The maximum absolute atomic E-state index is 2.34. The molecule has 162 valence electrons. The molecule has 0 saturated heterocycles. The highest BCUT2D eigenvalue weighted by molar-refractivity contribution is 7.56. The summed E-state index contributed by atoms with van der Waals surface area (Å²) < 4.78 is 0. The Morgan fingerprint density at radius 2 is 0.929 bits per heavy atom. The first-order chi connectivity index (χ1) is 13.9. The second-order valence-corrected chi connectivity index (χ2v) is 11.3. The zero-order valence-corrected chi connectivity index (χ0v) is 20.2. The van der Waals surface area contributed by atoms with Gasteiger partial charge in [-0.1, -0.05) is 134 Å². The molecule has 28 heavy (non-hydrogen) atoms. The highest BCUT2D eigenvalue weighted by Crippen LogP contribution is 2.41. The largest absolute Gasteiger partial charge is 0.102 e. The molecule has 1 atom stereocenters. The molecule has 1 rings (SSSR count). The van der Waals surface area contributed by atoms with Crippen LogP contribution in [0.5, 0.6) is 0 Å². The number of rotatable bonds is 20. The van der Waals surface area contributed by atoms with Crippen molar-refractivity contribution < 1.29 is 0 Å². The predicted molar refractivity (Wildman–Crippen MR) is 132 cm³/mol. The maximum Gasteiger partial charge on any atom is -0.00731 e. The molecule has 0 radical (unpaired) electrons. The second kappa shape index (κ2) is 19.9. The van der Waals surface area contributed by atoms with Crippen molar-refractivity contribution in [3.8, 4) is 0 Å². The van der Waals surface area contributed by atoms with Crippen LogP contribution in [0.2, 0.25) is 0 Å². The van der Waals surface area contributed by atoms with Gasteiger partial charge >= 0.3 is 0 Å². The SMILES string of the molecule is CCCCCCCCCCCCCCCCP(CCCC)Cc1ccccc1. The smallest absolute Gasteiger partial charge is 0.00731 e. The Hall–Kier alpha value is -0.350. The van der Waals surface area contributed by atoms with Crippen LogP contribution < -0.4 is 0 Å². The van der Waals surface area contributed by atoms with Crippen molar-refractivity contribution >= 4 is 7.92 Å². The van der Waals surface area contributed by atoms with Crippen LogP contribution in [0.25, 0.3) is 0 Å². The van der Waals surface area contributed by atoms with Gasteiger partial charge in [0.1, 0.15) is 0 Å². The number of hydrogen-bond donors (Lipinski definition) is 0. The van der Waals surface area contributed by atoms with Gasteiger partial charge in [0.15, 0.2) is 0 Å². The highest BCUT2D eigenvalue weighted by Gasteiger charge is 2.08. The summed E-state index contributed by atoms with van der Waals surface area (Å²) in [7, 11) is 0.217. The van der Waals surface area contributed by atoms with Gasteiger partial charge in [-0.2, -0.15) is 0 Å². The Balaban J connectivity index is 1.95. The molecule has 0 N–H and O–H groups in total. The summed E-state index contributed by atoms with van der Waals surface area (Å²) in [6, 6.07) is 11.2. The summed E-state index contributed by atoms with van der Waals surface area (Å²) in [5.74, 6) is 0. The van der Waals surface area contributed by atoms with Gasteiger partial charge in [0.2, 0.25) is 0 Å². The molecule has 0 fully saturated rings. The minimum atomic E-state index is 0.217. The quantitative estimate of drug-likeness (QED) is 0.150. The van der Waals surface area contributed by atoms with Crippen molar-refractivity contribution in [2.45, 2.75) is 123 Å². The third-order valence-electron chi connectivity index (χ3n) is 5.90. The second-order valence-electron chi connectivity index (χ2n) is 8.71. The van der Waals surface area contributed by atoms with E-state index in [1.165, 1.54) is 121 Å². The fraction of sp³-hybridized carbons (Fsp3) is 0.778. The molecule has 0 aliphatic heterocycles. The normalized spacial score (nSPS) is 12.4. The molecule has 0 amide bonds. The molecule has 0 nitrogen and oxygen atoms in total. The molecular weight excluding hydrogens is 355 g/mol. The van der Waals surface area contributed by atoms with E-state index in [1.807, 2.05) is 0 Å². The van der Waals surface area contributed by atoms with Crippen LogP contribution in [0.15, 0.2) is 30.3 Å². The minimum absolute atomic E-state index is 0.217. The van der Waals surface area contributed by atoms with Crippen molar-refractivity contribution in [1.82, 2.24) is 0 Å². The number of hydrogen-bond acceptors (Lipinski definition) is 0. The molecule has 1 aromatic rings. The molecule has 0 saturated carbocycles. The van der Waals surface area contributed by atoms with Crippen molar-refractivity contribution in [3.63, 3.8) is 0 Å². The predicted octanol–water partition coefficient (Wildman–Crippen LogP) is 9.95. The van der Waals surface area contributed by atoms with E-state index < -0.39 is 0 Å². The monoisotopic (exact) mass is 404 g/mol. The van der Waals surface area contributed by atoms with E-state index in [0.29, 0.717) is 0 Å². The molecule has 0 aromatic heterocycles. The van der Waals surface area contributed by atoms with E-state index in [2.05, 4.69) is 44.2 Å². The third-order valence-corrected chi connectivity index (χ3v) is 8.61. The summed E-state index contributed by atoms with van der Waals surface area (Å²) in [5, 5.41) is 0. The standard InChI is InChI=1S/C27H49P/c1-3-5-7-8-9-10-11-12-13-14-15-16-17-21-25-28(24-6-4-2)26-27-22-19-18-20-23-27/h18-20,22-23H,3-17,21,24-26H2,1-2H3. The molecule has 1 heteroatoms. The van der Waals surface area contributed by atoms with E-state index in [4.69, 9.17) is 0 Å². The van der Waals surface area contributed by atoms with Crippen LogP contribution in [-0.2, 0) is 6.16 Å². The zero-order chi connectivity index (χ0) is 20.1. The third kappa shape index (κ3) is 15.6. The summed E-state index contributed by atoms with van der Waals surface area (Å²) in [6.07, 6.45) is 27.6. The highest BCUT2D eigenvalue weighted by atomic mass is 31.1. The van der Waals surface area contributed by atoms with Gasteiger partial charge in [-0.3, -0.25) is 0 Å². The first-order valence-electron chi connectivity index (χ1n) is 12.6. The molecule has 0 spiro atoms. The Kier molecular flexibility index (Phi) is 18.3. The molecule has 0 aliphatic rings. The van der Waals surface area contributed by atoms with Gasteiger partial charge in [-0.05, 0) is 36.9 Å². The first-order valence-corrected chi connectivity index (χ1v) is 14.5. The number of unbranched alkanes of at least 4 members (excludes halogenated alkanes) is 14. The van der Waals surface area contributed by atoms with Crippen LogP contribution in [-0.4, -0.2) is 12.3 Å². The van der Waals surface area contributed by atoms with E-state index >= 15 is 0 Å². The van der Waals surface area contributed by atoms with Crippen LogP contribution in [0.3, 0.4) is 0 Å². The average Bonchev–Trinajstić information content (AvgIpc) is 2.72. The van der Waals surface area contributed by atoms with Crippen molar-refractivity contribution in [2.75, 3.05) is 12.3 Å². The molecule has 1 aromatic carbocycles. The molecular formula is C27H49P. The van der Waals surface area contributed by atoms with E-state index in [-0.39, 0.29) is 7.92 Å². The minimum Gasteiger partial charge on any atom is -0.102 e. The van der Waals surface area contributed by atoms with Crippen LogP contribution in [0.4, 0.5) is 0 Å². The lowest BCUT2D eigenvalue weighted by Gasteiger charge is -2.17. The lowest BCUT2D eigenvalue weighted by molar-refractivity contribution is 0.538. The summed E-state index contributed by atoms with van der Waals surface area (Å²) in [5.41, 5.74) is 1.56. The molecule has 0 heterocycles. The van der Waals surface area contributed by atoms with Gasteiger partial charge in [-0.15, -0.1) is 7.92 Å². The average molecular weight is 405 g/mol. The Morgan fingerprint density at radius 1 is 0.500 bits per heavy atom. The molecule has 1 unspecified atom stereocenters. The van der Waals surface area contributed by atoms with Crippen LogP contribution in [0, 0.1) is 0 Å². The van der Waals surface area contributed by atoms with Gasteiger partial charge in [-0.25, -0.2) is 0 Å².